The van der Waals surface area contributed by atoms with Crippen molar-refractivity contribution in [1.82, 2.24) is 10.2 Å². The van der Waals surface area contributed by atoms with Crippen LogP contribution in [-0.4, -0.2) is 22.3 Å². The van der Waals surface area contributed by atoms with Gasteiger partial charge in [-0.2, -0.15) is 10.2 Å². The molecule has 27 heavy (non-hydrogen) atoms. The van der Waals surface area contributed by atoms with Crippen LogP contribution >= 0.6 is 0 Å². The number of ether oxygens (including phenoxy) is 1. The zero-order valence-corrected chi connectivity index (χ0v) is 16.2. The molecule has 4 rings (SSSR count). The number of hydrogen-bond donors (Lipinski definition) is 0. The second kappa shape index (κ2) is 7.26. The fourth-order valence-electron chi connectivity index (χ4n) is 4.32. The summed E-state index contributed by atoms with van der Waals surface area (Å²) in [6.45, 7) is 6.70. The molecule has 4 heteroatoms. The van der Waals surface area contributed by atoms with Crippen molar-refractivity contribution in [1.29, 1.82) is 0 Å². The van der Waals surface area contributed by atoms with E-state index in [-0.39, 0.29) is 12.1 Å². The maximum Gasteiger partial charge on any atom is 0.338 e. The Labute approximate surface area is 159 Å². The van der Waals surface area contributed by atoms with Gasteiger partial charge in [0.15, 0.2) is 0 Å². The number of carbonyl (C=O) groups is 1. The maximum absolute atomic E-state index is 12.8. The second-order valence-electron chi connectivity index (χ2n) is 8.27. The van der Waals surface area contributed by atoms with Crippen LogP contribution in [0.1, 0.15) is 50.4 Å². The van der Waals surface area contributed by atoms with Crippen molar-refractivity contribution < 1.29 is 9.53 Å². The molecule has 1 saturated carbocycles. The number of nitrogens with zero attached hydrogens (tertiary/aromatic N) is 2. The first-order valence-electron chi connectivity index (χ1n) is 9.87. The first-order valence-corrected chi connectivity index (χ1v) is 9.87. The first kappa shape index (κ1) is 17.9. The molecule has 0 aliphatic heterocycles. The summed E-state index contributed by atoms with van der Waals surface area (Å²) in [7, 11) is 0. The number of esters is 1. The van der Waals surface area contributed by atoms with Crippen LogP contribution < -0.4 is 0 Å². The zero-order valence-electron chi connectivity index (χ0n) is 16.2. The van der Waals surface area contributed by atoms with E-state index in [9.17, 15) is 4.79 Å². The van der Waals surface area contributed by atoms with Crippen LogP contribution in [0.2, 0.25) is 0 Å². The SMILES string of the molecule is CC(C)[C@@H]1CC[C@@H](C)C[C@H]1OC(=O)c1ccc2cc3ccnnc3cc2c1. The third-order valence-electron chi connectivity index (χ3n) is 5.93. The molecule has 1 heterocycles. The number of aromatic nitrogens is 2. The molecule has 0 saturated heterocycles. The summed E-state index contributed by atoms with van der Waals surface area (Å²) in [6, 6.07) is 11.7. The minimum atomic E-state index is -0.221. The Kier molecular flexibility index (Phi) is 4.81. The Bertz CT molecular complexity index is 982. The molecule has 4 nitrogen and oxygen atoms in total. The number of carbonyl (C=O) groups excluding carboxylic acids is 1. The molecule has 0 spiro atoms. The van der Waals surface area contributed by atoms with Crippen molar-refractivity contribution >= 4 is 27.6 Å². The average Bonchev–Trinajstić information content (AvgIpc) is 2.65. The Morgan fingerprint density at radius 1 is 1.07 bits per heavy atom. The molecule has 2 aromatic carbocycles. The van der Waals surface area contributed by atoms with Gasteiger partial charge in [-0.25, -0.2) is 4.79 Å². The van der Waals surface area contributed by atoms with Gasteiger partial charge in [-0.1, -0.05) is 33.3 Å². The molecule has 0 amide bonds. The fraction of sp³-hybridized carbons (Fsp3) is 0.435. The topological polar surface area (TPSA) is 52.1 Å². The van der Waals surface area contributed by atoms with E-state index < -0.39 is 0 Å². The highest BCUT2D eigenvalue weighted by molar-refractivity contribution is 6.00. The van der Waals surface area contributed by atoms with Gasteiger partial charge < -0.3 is 4.74 Å². The monoisotopic (exact) mass is 362 g/mol. The second-order valence-corrected chi connectivity index (χ2v) is 8.27. The lowest BCUT2D eigenvalue weighted by Crippen LogP contribution is -2.35. The van der Waals surface area contributed by atoms with E-state index in [1.54, 1.807) is 6.20 Å². The van der Waals surface area contributed by atoms with Crippen molar-refractivity contribution in [3.05, 3.63) is 48.2 Å². The van der Waals surface area contributed by atoms with E-state index in [2.05, 4.69) is 37.0 Å². The normalized spacial score (nSPS) is 23.0. The number of fused-ring (bicyclic) bond motifs is 2. The highest BCUT2D eigenvalue weighted by atomic mass is 16.5. The van der Waals surface area contributed by atoms with E-state index in [1.807, 2.05) is 30.3 Å². The number of hydrogen-bond acceptors (Lipinski definition) is 4. The Balaban J connectivity index is 1.60. The van der Waals surface area contributed by atoms with E-state index >= 15 is 0 Å². The van der Waals surface area contributed by atoms with Gasteiger partial charge >= 0.3 is 5.97 Å². The smallest absolute Gasteiger partial charge is 0.338 e. The molecule has 1 fully saturated rings. The lowest BCUT2D eigenvalue weighted by Gasteiger charge is -2.36. The maximum atomic E-state index is 12.8. The predicted octanol–water partition coefficient (Wildman–Crippen LogP) is 5.40. The Hall–Kier alpha value is -2.49. The predicted molar refractivity (Wildman–Crippen MR) is 108 cm³/mol. The molecule has 1 aliphatic rings. The number of rotatable bonds is 3. The van der Waals surface area contributed by atoms with Crippen LogP contribution in [0.4, 0.5) is 0 Å². The van der Waals surface area contributed by atoms with Gasteiger partial charge in [-0.05, 0) is 71.7 Å². The van der Waals surface area contributed by atoms with Crippen molar-refractivity contribution in [3.8, 4) is 0 Å². The van der Waals surface area contributed by atoms with Crippen molar-refractivity contribution in [2.24, 2.45) is 17.8 Å². The Morgan fingerprint density at radius 2 is 1.93 bits per heavy atom. The van der Waals surface area contributed by atoms with Crippen LogP contribution in [0.5, 0.6) is 0 Å². The summed E-state index contributed by atoms with van der Waals surface area (Å²) in [5.41, 5.74) is 1.43. The third-order valence-corrected chi connectivity index (χ3v) is 5.93. The van der Waals surface area contributed by atoms with E-state index in [0.29, 0.717) is 23.3 Å². The standard InChI is InChI=1S/C23H26N2O2/c1-14(2)20-7-4-15(3)10-22(20)27-23(26)18-6-5-16-11-17-8-9-24-25-21(17)13-19(16)12-18/h5-6,8-9,11-15,20,22H,4,7,10H2,1-3H3/t15-,20+,22-/m1/s1. The number of benzene rings is 2. The summed E-state index contributed by atoms with van der Waals surface area (Å²) >= 11 is 0. The van der Waals surface area contributed by atoms with Gasteiger partial charge in [0.2, 0.25) is 0 Å². The van der Waals surface area contributed by atoms with Gasteiger partial charge in [-0.15, -0.1) is 0 Å². The lowest BCUT2D eigenvalue weighted by molar-refractivity contribution is -0.0173. The molecule has 1 aromatic heterocycles. The van der Waals surface area contributed by atoms with Gasteiger partial charge in [0.05, 0.1) is 17.3 Å². The molecular weight excluding hydrogens is 336 g/mol. The quantitative estimate of drug-likeness (QED) is 0.462. The lowest BCUT2D eigenvalue weighted by atomic mass is 9.75. The third kappa shape index (κ3) is 3.66. The molecule has 140 valence electrons. The van der Waals surface area contributed by atoms with Crippen LogP contribution in [0, 0.1) is 17.8 Å². The molecular formula is C23H26N2O2. The molecule has 0 unspecified atom stereocenters. The van der Waals surface area contributed by atoms with Crippen molar-refractivity contribution in [2.45, 2.75) is 46.1 Å². The van der Waals surface area contributed by atoms with E-state index in [1.165, 1.54) is 6.42 Å². The fourth-order valence-corrected chi connectivity index (χ4v) is 4.32. The van der Waals surface area contributed by atoms with Gasteiger partial charge in [0.1, 0.15) is 6.10 Å². The largest absolute Gasteiger partial charge is 0.458 e. The van der Waals surface area contributed by atoms with Gasteiger partial charge in [0, 0.05) is 5.39 Å². The van der Waals surface area contributed by atoms with Gasteiger partial charge in [-0.3, -0.25) is 0 Å². The van der Waals surface area contributed by atoms with E-state index in [4.69, 9.17) is 4.74 Å². The molecule has 0 radical (unpaired) electrons. The van der Waals surface area contributed by atoms with Crippen LogP contribution in [0.25, 0.3) is 21.7 Å². The van der Waals surface area contributed by atoms with Crippen molar-refractivity contribution in [2.75, 3.05) is 0 Å². The van der Waals surface area contributed by atoms with Crippen molar-refractivity contribution in [3.63, 3.8) is 0 Å². The average molecular weight is 362 g/mol. The zero-order chi connectivity index (χ0) is 19.0. The summed E-state index contributed by atoms with van der Waals surface area (Å²) in [4.78, 5) is 12.8. The van der Waals surface area contributed by atoms with Crippen LogP contribution in [0.15, 0.2) is 42.6 Å². The van der Waals surface area contributed by atoms with Crippen LogP contribution in [-0.2, 0) is 4.74 Å². The highest BCUT2D eigenvalue weighted by Gasteiger charge is 2.33. The first-order chi connectivity index (χ1) is 13.0. The van der Waals surface area contributed by atoms with Crippen LogP contribution in [0.3, 0.4) is 0 Å². The molecule has 1 aliphatic carbocycles. The summed E-state index contributed by atoms with van der Waals surface area (Å²) in [5.74, 6) is 1.36. The highest BCUT2D eigenvalue weighted by Crippen LogP contribution is 2.36. The minimum Gasteiger partial charge on any atom is -0.458 e. The molecule has 3 aromatic rings. The Morgan fingerprint density at radius 3 is 2.74 bits per heavy atom. The summed E-state index contributed by atoms with van der Waals surface area (Å²) in [6.07, 6.45) is 5.03. The molecule has 3 atom stereocenters. The summed E-state index contributed by atoms with van der Waals surface area (Å²) in [5, 5.41) is 11.2. The van der Waals surface area contributed by atoms with E-state index in [0.717, 1.165) is 34.5 Å². The molecule has 0 bridgehead atoms. The minimum absolute atomic E-state index is 0.0133. The molecule has 0 N–H and O–H groups in total. The van der Waals surface area contributed by atoms with Gasteiger partial charge in [0.25, 0.3) is 0 Å². The summed E-state index contributed by atoms with van der Waals surface area (Å²) < 4.78 is 5.99.